The summed E-state index contributed by atoms with van der Waals surface area (Å²) in [5, 5.41) is 0. The monoisotopic (exact) mass is 207 g/mol. The van der Waals surface area contributed by atoms with Crippen LogP contribution in [-0.4, -0.2) is 36.4 Å². The highest BCUT2D eigenvalue weighted by Crippen LogP contribution is 2.16. The molecular formula is C3H4F3NO4S. The lowest BCUT2D eigenvalue weighted by Gasteiger charge is -2.14. The van der Waals surface area contributed by atoms with E-state index in [1.807, 2.05) is 0 Å². The van der Waals surface area contributed by atoms with Crippen molar-refractivity contribution in [2.75, 3.05) is 6.54 Å². The van der Waals surface area contributed by atoms with E-state index in [1.165, 1.54) is 0 Å². The van der Waals surface area contributed by atoms with E-state index in [0.717, 1.165) is 0 Å². The molecule has 0 heterocycles. The van der Waals surface area contributed by atoms with E-state index >= 15 is 0 Å². The maximum atomic E-state index is 11.4. The summed E-state index contributed by atoms with van der Waals surface area (Å²) in [6, 6.07) is 0. The van der Waals surface area contributed by atoms with Crippen LogP contribution in [0, 0.1) is 0 Å². The summed E-state index contributed by atoms with van der Waals surface area (Å²) in [4.78, 5) is 9.72. The molecular weight excluding hydrogens is 203 g/mol. The van der Waals surface area contributed by atoms with Crippen molar-refractivity contribution in [2.45, 2.75) is 6.18 Å². The van der Waals surface area contributed by atoms with Crippen LogP contribution in [0.3, 0.4) is 0 Å². The van der Waals surface area contributed by atoms with Crippen molar-refractivity contribution in [3.05, 3.63) is 0 Å². The lowest BCUT2D eigenvalue weighted by atomic mass is 10.6. The van der Waals surface area contributed by atoms with Crippen LogP contribution in [0.4, 0.5) is 13.2 Å². The molecule has 1 N–H and O–H groups in total. The lowest BCUT2D eigenvalue weighted by molar-refractivity contribution is -0.145. The van der Waals surface area contributed by atoms with Gasteiger partial charge in [-0.25, -0.2) is 4.31 Å². The van der Waals surface area contributed by atoms with Crippen LogP contribution in [0.1, 0.15) is 0 Å². The molecule has 9 heteroatoms. The molecule has 0 aliphatic carbocycles. The van der Waals surface area contributed by atoms with Gasteiger partial charge < -0.3 is 0 Å². The molecule has 0 unspecified atom stereocenters. The van der Waals surface area contributed by atoms with Crippen LogP contribution < -0.4 is 0 Å². The third-order valence-corrected chi connectivity index (χ3v) is 1.56. The molecule has 0 rings (SSSR count). The first-order chi connectivity index (χ1) is 5.17. The molecule has 1 amide bonds. The highest BCUT2D eigenvalue weighted by atomic mass is 32.2. The van der Waals surface area contributed by atoms with Crippen LogP contribution in [0.5, 0.6) is 0 Å². The van der Waals surface area contributed by atoms with Gasteiger partial charge in [-0.15, -0.1) is 0 Å². The van der Waals surface area contributed by atoms with E-state index in [0.29, 0.717) is 0 Å². The average molecular weight is 207 g/mol. The second kappa shape index (κ2) is 3.27. The zero-order chi connectivity index (χ0) is 9.99. The van der Waals surface area contributed by atoms with Gasteiger partial charge in [0.25, 0.3) is 0 Å². The number of halogens is 3. The molecule has 0 saturated carbocycles. The van der Waals surface area contributed by atoms with Crippen molar-refractivity contribution < 1.29 is 30.9 Å². The van der Waals surface area contributed by atoms with Crippen molar-refractivity contribution in [3.8, 4) is 0 Å². The molecule has 0 aliphatic heterocycles. The van der Waals surface area contributed by atoms with Gasteiger partial charge >= 0.3 is 16.5 Å². The number of carbonyl (C=O) groups is 1. The van der Waals surface area contributed by atoms with Gasteiger partial charge in [-0.1, -0.05) is 0 Å². The van der Waals surface area contributed by atoms with E-state index in [9.17, 15) is 26.4 Å². The first-order valence-corrected chi connectivity index (χ1v) is 3.83. The molecule has 0 saturated heterocycles. The zero-order valence-electron chi connectivity index (χ0n) is 5.45. The van der Waals surface area contributed by atoms with Crippen LogP contribution >= 0.6 is 0 Å². The Hall–Kier alpha value is -0.830. The minimum atomic E-state index is -5.10. The highest BCUT2D eigenvalue weighted by molar-refractivity contribution is 7.83. The summed E-state index contributed by atoms with van der Waals surface area (Å²) >= 11 is 0. The Morgan fingerprint density at radius 2 is 1.83 bits per heavy atom. The van der Waals surface area contributed by atoms with Gasteiger partial charge in [-0.2, -0.15) is 21.6 Å². The number of carbonyl (C=O) groups excluding carboxylic acids is 1. The first-order valence-electron chi connectivity index (χ1n) is 2.43. The molecule has 0 aromatic rings. The number of nitrogens with zero attached hydrogens (tertiary/aromatic N) is 1. The maximum absolute atomic E-state index is 11.4. The highest BCUT2D eigenvalue weighted by Gasteiger charge is 2.34. The molecule has 0 aromatic heterocycles. The summed E-state index contributed by atoms with van der Waals surface area (Å²) in [5.74, 6) is 0. The van der Waals surface area contributed by atoms with E-state index < -0.39 is 33.7 Å². The van der Waals surface area contributed by atoms with Crippen LogP contribution in [-0.2, 0) is 15.1 Å². The Labute approximate surface area is 65.7 Å². The molecule has 0 aromatic carbocycles. The fourth-order valence-electron chi connectivity index (χ4n) is 0.350. The van der Waals surface area contributed by atoms with E-state index in [1.54, 1.807) is 0 Å². The van der Waals surface area contributed by atoms with Crippen molar-refractivity contribution in [1.29, 1.82) is 0 Å². The minimum Gasteiger partial charge on any atom is -0.278 e. The van der Waals surface area contributed by atoms with Crippen molar-refractivity contribution in [1.82, 2.24) is 4.31 Å². The van der Waals surface area contributed by atoms with Crippen molar-refractivity contribution >= 4 is 16.7 Å². The molecule has 0 fully saturated rings. The van der Waals surface area contributed by atoms with Gasteiger partial charge in [0.05, 0.1) is 0 Å². The van der Waals surface area contributed by atoms with Gasteiger partial charge in [0.1, 0.15) is 6.54 Å². The Morgan fingerprint density at radius 3 is 1.92 bits per heavy atom. The van der Waals surface area contributed by atoms with Crippen LogP contribution in [0.2, 0.25) is 0 Å². The van der Waals surface area contributed by atoms with Gasteiger partial charge in [-0.05, 0) is 0 Å². The van der Waals surface area contributed by atoms with Crippen molar-refractivity contribution in [3.63, 3.8) is 0 Å². The maximum Gasteiger partial charge on any atom is 0.407 e. The Kier molecular flexibility index (Phi) is 3.04. The number of amides is 1. The number of hydrogen-bond donors (Lipinski definition) is 1. The average Bonchev–Trinajstić information content (AvgIpc) is 1.78. The molecule has 0 atom stereocenters. The largest absolute Gasteiger partial charge is 0.407 e. The van der Waals surface area contributed by atoms with E-state index in [2.05, 4.69) is 0 Å². The zero-order valence-corrected chi connectivity index (χ0v) is 6.26. The normalized spacial score (nSPS) is 12.7. The molecule has 5 nitrogen and oxygen atoms in total. The smallest absolute Gasteiger partial charge is 0.278 e. The summed E-state index contributed by atoms with van der Waals surface area (Å²) < 4.78 is 61.6. The first kappa shape index (κ1) is 11.2. The number of rotatable bonds is 3. The standard InChI is InChI=1S/C3H4F3NO4S/c4-3(5,6)1-7(2-8)12(9,10)11/h2H,1H2,(H,9,10,11). The van der Waals surface area contributed by atoms with E-state index in [-0.39, 0.29) is 0 Å². The fraction of sp³-hybridized carbons (Fsp3) is 0.667. The number of alkyl halides is 3. The molecule has 72 valence electrons. The summed E-state index contributed by atoms with van der Waals surface area (Å²) in [7, 11) is -5.10. The van der Waals surface area contributed by atoms with Gasteiger partial charge in [0.15, 0.2) is 0 Å². The fourth-order valence-corrected chi connectivity index (χ4v) is 0.768. The van der Waals surface area contributed by atoms with E-state index in [4.69, 9.17) is 4.55 Å². The predicted molar refractivity (Wildman–Crippen MR) is 30.4 cm³/mol. The molecule has 0 spiro atoms. The molecule has 0 bridgehead atoms. The molecule has 0 aliphatic rings. The molecule has 12 heavy (non-hydrogen) atoms. The third-order valence-electron chi connectivity index (χ3n) is 0.749. The van der Waals surface area contributed by atoms with Gasteiger partial charge in [0.2, 0.25) is 6.41 Å². The lowest BCUT2D eigenvalue weighted by Crippen LogP contribution is -2.37. The van der Waals surface area contributed by atoms with Crippen LogP contribution in [0.25, 0.3) is 0 Å². The third kappa shape index (κ3) is 4.13. The summed E-state index contributed by atoms with van der Waals surface area (Å²) in [6.07, 6.45) is -5.49. The quantitative estimate of drug-likeness (QED) is 0.514. The Bertz CT molecular complexity index is 257. The second-order valence-corrected chi connectivity index (χ2v) is 3.11. The Balaban J connectivity index is 4.52. The SMILES string of the molecule is O=CN(CC(F)(F)F)S(=O)(=O)O. The second-order valence-electron chi connectivity index (χ2n) is 1.74. The Morgan fingerprint density at radius 1 is 1.42 bits per heavy atom. The van der Waals surface area contributed by atoms with Gasteiger partial charge in [-0.3, -0.25) is 9.35 Å². The minimum absolute atomic E-state index is 0.622. The summed E-state index contributed by atoms with van der Waals surface area (Å²) in [6.45, 7) is -2.03. The van der Waals surface area contributed by atoms with Crippen molar-refractivity contribution in [2.24, 2.45) is 0 Å². The summed E-state index contributed by atoms with van der Waals surface area (Å²) in [5.41, 5.74) is 0. The molecule has 0 radical (unpaired) electrons. The van der Waals surface area contributed by atoms with Gasteiger partial charge in [0, 0.05) is 0 Å². The number of hydrogen-bond acceptors (Lipinski definition) is 3. The topological polar surface area (TPSA) is 74.7 Å². The predicted octanol–water partition coefficient (Wildman–Crippen LogP) is -0.190. The van der Waals surface area contributed by atoms with Crippen LogP contribution in [0.15, 0.2) is 0 Å².